The largest absolute Gasteiger partial charge is 0.345 e. The highest BCUT2D eigenvalue weighted by atomic mass is 79.9. The third-order valence-corrected chi connectivity index (χ3v) is 3.73. The molecule has 0 fully saturated rings. The van der Waals surface area contributed by atoms with Gasteiger partial charge in [-0.2, -0.15) is 0 Å². The topological polar surface area (TPSA) is 55.1 Å². The minimum absolute atomic E-state index is 0.0841. The van der Waals surface area contributed by atoms with Crippen LogP contribution in [0.5, 0.6) is 0 Å². The van der Waals surface area contributed by atoms with Gasteiger partial charge in [-0.1, -0.05) is 29.8 Å². The molecule has 1 rings (SSSR count). The second-order valence-electron chi connectivity index (χ2n) is 4.74. The summed E-state index contributed by atoms with van der Waals surface area (Å²) in [6.45, 7) is 6.49. The number of rotatable bonds is 4. The highest BCUT2D eigenvalue weighted by Crippen LogP contribution is 2.16. The molecule has 0 saturated carbocycles. The van der Waals surface area contributed by atoms with Gasteiger partial charge in [-0.05, 0) is 37.1 Å². The zero-order valence-corrected chi connectivity index (χ0v) is 12.0. The van der Waals surface area contributed by atoms with Crippen LogP contribution in [0.2, 0.25) is 0 Å². The number of carbonyl (C=O) groups is 1. The van der Waals surface area contributed by atoms with Gasteiger partial charge in [0.15, 0.2) is 0 Å². The van der Waals surface area contributed by atoms with Crippen molar-refractivity contribution in [1.82, 2.24) is 5.32 Å². The third-order valence-electron chi connectivity index (χ3n) is 3.20. The van der Waals surface area contributed by atoms with Gasteiger partial charge < -0.3 is 11.1 Å². The van der Waals surface area contributed by atoms with Crippen LogP contribution in [0.4, 0.5) is 0 Å². The summed E-state index contributed by atoms with van der Waals surface area (Å²) in [7, 11) is 0. The van der Waals surface area contributed by atoms with Gasteiger partial charge in [-0.25, -0.2) is 0 Å². The number of hydrogen-bond donors (Lipinski definition) is 2. The van der Waals surface area contributed by atoms with Crippen LogP contribution in [0, 0.1) is 5.92 Å². The SMILES string of the molecule is CC(C)C(C)(CN)NC(=O)c1ccc(Br)cc1. The molecule has 94 valence electrons. The Labute approximate surface area is 111 Å². The molecule has 4 heteroatoms. The quantitative estimate of drug-likeness (QED) is 0.897. The lowest BCUT2D eigenvalue weighted by Crippen LogP contribution is -2.55. The zero-order valence-electron chi connectivity index (χ0n) is 10.5. The Bertz CT molecular complexity index is 389. The standard InChI is InChI=1S/C13H19BrN2O/c1-9(2)13(3,8-15)16-12(17)10-4-6-11(14)7-5-10/h4-7,9H,8,15H2,1-3H3,(H,16,17). The molecule has 1 aromatic rings. The first kappa shape index (κ1) is 14.2. The van der Waals surface area contributed by atoms with Gasteiger partial charge in [0.1, 0.15) is 0 Å². The van der Waals surface area contributed by atoms with Crippen molar-refractivity contribution in [2.45, 2.75) is 26.3 Å². The van der Waals surface area contributed by atoms with Gasteiger partial charge in [-0.15, -0.1) is 0 Å². The highest BCUT2D eigenvalue weighted by molar-refractivity contribution is 9.10. The molecule has 3 nitrogen and oxygen atoms in total. The maximum atomic E-state index is 12.1. The molecule has 1 unspecified atom stereocenters. The van der Waals surface area contributed by atoms with E-state index in [1.54, 1.807) is 12.1 Å². The predicted molar refractivity (Wildman–Crippen MR) is 73.9 cm³/mol. The van der Waals surface area contributed by atoms with E-state index in [4.69, 9.17) is 5.73 Å². The fourth-order valence-electron chi connectivity index (χ4n) is 1.36. The van der Waals surface area contributed by atoms with Crippen molar-refractivity contribution in [3.8, 4) is 0 Å². The van der Waals surface area contributed by atoms with Gasteiger partial charge in [0.05, 0.1) is 5.54 Å². The number of hydrogen-bond acceptors (Lipinski definition) is 2. The van der Waals surface area contributed by atoms with Crippen LogP contribution < -0.4 is 11.1 Å². The summed E-state index contributed by atoms with van der Waals surface area (Å²) in [6.07, 6.45) is 0. The summed E-state index contributed by atoms with van der Waals surface area (Å²) in [6, 6.07) is 7.28. The minimum atomic E-state index is -0.371. The zero-order chi connectivity index (χ0) is 13.1. The van der Waals surface area contributed by atoms with Crippen molar-refractivity contribution in [2.75, 3.05) is 6.54 Å². The molecule has 1 atom stereocenters. The van der Waals surface area contributed by atoms with Crippen LogP contribution in [-0.2, 0) is 0 Å². The lowest BCUT2D eigenvalue weighted by atomic mass is 9.88. The maximum Gasteiger partial charge on any atom is 0.251 e. The first-order chi connectivity index (χ1) is 7.89. The van der Waals surface area contributed by atoms with Crippen LogP contribution in [0.25, 0.3) is 0 Å². The lowest BCUT2D eigenvalue weighted by Gasteiger charge is -2.33. The Hall–Kier alpha value is -0.870. The monoisotopic (exact) mass is 298 g/mol. The van der Waals surface area contributed by atoms with Gasteiger partial charge in [0.2, 0.25) is 0 Å². The van der Waals surface area contributed by atoms with Crippen LogP contribution in [0.1, 0.15) is 31.1 Å². The van der Waals surface area contributed by atoms with E-state index in [1.165, 1.54) is 0 Å². The molecule has 0 aromatic heterocycles. The van der Waals surface area contributed by atoms with E-state index in [2.05, 4.69) is 35.1 Å². The molecule has 0 aliphatic rings. The number of carbonyl (C=O) groups excluding carboxylic acids is 1. The van der Waals surface area contributed by atoms with E-state index in [0.717, 1.165) is 4.47 Å². The first-order valence-electron chi connectivity index (χ1n) is 5.67. The van der Waals surface area contributed by atoms with E-state index in [9.17, 15) is 4.79 Å². The van der Waals surface area contributed by atoms with E-state index >= 15 is 0 Å². The summed E-state index contributed by atoms with van der Waals surface area (Å²) < 4.78 is 0.958. The van der Waals surface area contributed by atoms with Crippen molar-refractivity contribution < 1.29 is 4.79 Å². The maximum absolute atomic E-state index is 12.1. The Morgan fingerprint density at radius 3 is 2.35 bits per heavy atom. The number of nitrogens with one attached hydrogen (secondary N) is 1. The van der Waals surface area contributed by atoms with Crippen LogP contribution >= 0.6 is 15.9 Å². The Kier molecular flexibility index (Phi) is 4.71. The second kappa shape index (κ2) is 5.65. The Balaban J connectivity index is 2.81. The van der Waals surface area contributed by atoms with E-state index in [1.807, 2.05) is 19.1 Å². The van der Waals surface area contributed by atoms with Gasteiger partial charge in [-0.3, -0.25) is 4.79 Å². The molecular weight excluding hydrogens is 280 g/mol. The molecule has 0 radical (unpaired) electrons. The number of halogens is 1. The van der Waals surface area contributed by atoms with Crippen LogP contribution in [0.3, 0.4) is 0 Å². The van der Waals surface area contributed by atoms with Crippen molar-refractivity contribution >= 4 is 21.8 Å². The van der Waals surface area contributed by atoms with E-state index in [-0.39, 0.29) is 17.4 Å². The summed E-state index contributed by atoms with van der Waals surface area (Å²) in [5.74, 6) is 0.200. The Morgan fingerprint density at radius 1 is 1.41 bits per heavy atom. The smallest absolute Gasteiger partial charge is 0.251 e. The van der Waals surface area contributed by atoms with Crippen molar-refractivity contribution in [2.24, 2.45) is 11.7 Å². The Morgan fingerprint density at radius 2 is 1.94 bits per heavy atom. The fourth-order valence-corrected chi connectivity index (χ4v) is 1.63. The minimum Gasteiger partial charge on any atom is -0.345 e. The second-order valence-corrected chi connectivity index (χ2v) is 5.65. The summed E-state index contributed by atoms with van der Waals surface area (Å²) in [4.78, 5) is 12.1. The van der Waals surface area contributed by atoms with E-state index < -0.39 is 0 Å². The molecule has 0 bridgehead atoms. The first-order valence-corrected chi connectivity index (χ1v) is 6.46. The van der Waals surface area contributed by atoms with Gasteiger partial charge in [0.25, 0.3) is 5.91 Å². The predicted octanol–water partition coefficient (Wildman–Crippen LogP) is 2.55. The fraction of sp³-hybridized carbons (Fsp3) is 0.462. The summed E-state index contributed by atoms with van der Waals surface area (Å²) >= 11 is 3.34. The normalized spacial score (nSPS) is 14.5. The molecule has 1 aromatic carbocycles. The summed E-state index contributed by atoms with van der Waals surface area (Å²) in [5, 5.41) is 3.00. The van der Waals surface area contributed by atoms with Crippen molar-refractivity contribution in [1.29, 1.82) is 0 Å². The molecule has 0 saturated heterocycles. The molecule has 0 aliphatic carbocycles. The average molecular weight is 299 g/mol. The van der Waals surface area contributed by atoms with Crippen LogP contribution in [-0.4, -0.2) is 18.0 Å². The number of amides is 1. The molecule has 17 heavy (non-hydrogen) atoms. The molecular formula is C13H19BrN2O. The van der Waals surface area contributed by atoms with Gasteiger partial charge in [0, 0.05) is 16.6 Å². The highest BCUT2D eigenvalue weighted by Gasteiger charge is 2.28. The van der Waals surface area contributed by atoms with Crippen molar-refractivity contribution in [3.05, 3.63) is 34.3 Å². The average Bonchev–Trinajstić information content (AvgIpc) is 2.29. The summed E-state index contributed by atoms with van der Waals surface area (Å²) in [5.41, 5.74) is 6.01. The van der Waals surface area contributed by atoms with Gasteiger partial charge >= 0.3 is 0 Å². The van der Waals surface area contributed by atoms with Crippen LogP contribution in [0.15, 0.2) is 28.7 Å². The molecule has 1 amide bonds. The molecule has 3 N–H and O–H groups in total. The third kappa shape index (κ3) is 3.54. The lowest BCUT2D eigenvalue weighted by molar-refractivity contribution is 0.0883. The van der Waals surface area contributed by atoms with E-state index in [0.29, 0.717) is 12.1 Å². The van der Waals surface area contributed by atoms with Crippen molar-refractivity contribution in [3.63, 3.8) is 0 Å². The molecule has 0 aliphatic heterocycles. The number of nitrogens with two attached hydrogens (primary N) is 1. The molecule has 0 spiro atoms. The number of benzene rings is 1. The molecule has 0 heterocycles.